The monoisotopic (exact) mass is 277 g/mol. The highest BCUT2D eigenvalue weighted by atomic mass is 35.5. The molecule has 1 aromatic carbocycles. The number of benzene rings is 1. The van der Waals surface area contributed by atoms with E-state index in [0.29, 0.717) is 12.1 Å². The third-order valence-electron chi connectivity index (χ3n) is 2.20. The van der Waals surface area contributed by atoms with E-state index in [2.05, 4.69) is 4.74 Å². The van der Waals surface area contributed by atoms with E-state index in [1.54, 1.807) is 14.0 Å². The SMILES string of the molecule is CC(Cl)CN(C)C(=O)c1ccc(OC(F)F)cc1. The second kappa shape index (κ2) is 6.54. The third-order valence-corrected chi connectivity index (χ3v) is 2.34. The van der Waals surface area contributed by atoms with Gasteiger partial charge in [-0.1, -0.05) is 0 Å². The lowest BCUT2D eigenvalue weighted by Crippen LogP contribution is -2.31. The summed E-state index contributed by atoms with van der Waals surface area (Å²) in [5.74, 6) is -0.194. The summed E-state index contributed by atoms with van der Waals surface area (Å²) in [5, 5.41) is -0.152. The van der Waals surface area contributed by atoms with Gasteiger partial charge in [-0.3, -0.25) is 4.79 Å². The number of ether oxygens (including phenoxy) is 1. The molecule has 0 spiro atoms. The van der Waals surface area contributed by atoms with Crippen molar-refractivity contribution in [1.82, 2.24) is 4.90 Å². The van der Waals surface area contributed by atoms with Crippen molar-refractivity contribution in [2.24, 2.45) is 0 Å². The Kier molecular flexibility index (Phi) is 5.34. The highest BCUT2D eigenvalue weighted by Crippen LogP contribution is 2.16. The van der Waals surface area contributed by atoms with Crippen LogP contribution in [-0.2, 0) is 0 Å². The van der Waals surface area contributed by atoms with Gasteiger partial charge in [0.15, 0.2) is 0 Å². The zero-order chi connectivity index (χ0) is 13.7. The number of alkyl halides is 3. The van der Waals surface area contributed by atoms with Crippen LogP contribution in [0.3, 0.4) is 0 Å². The Hall–Kier alpha value is -1.36. The quantitative estimate of drug-likeness (QED) is 0.775. The Bertz CT molecular complexity index is 396. The highest BCUT2D eigenvalue weighted by Gasteiger charge is 2.13. The Balaban J connectivity index is 2.69. The molecule has 0 aliphatic heterocycles. The van der Waals surface area contributed by atoms with E-state index in [0.717, 1.165) is 0 Å². The molecule has 0 aliphatic carbocycles. The molecule has 0 heterocycles. The lowest BCUT2D eigenvalue weighted by atomic mass is 10.2. The van der Waals surface area contributed by atoms with Crippen molar-refractivity contribution in [1.29, 1.82) is 0 Å². The Labute approximate surface area is 109 Å². The molecular formula is C12H14ClF2NO2. The minimum absolute atomic E-state index is 0.0231. The summed E-state index contributed by atoms with van der Waals surface area (Å²) in [6, 6.07) is 5.54. The standard InChI is InChI=1S/C12H14ClF2NO2/c1-8(13)7-16(2)11(17)9-3-5-10(6-4-9)18-12(14)15/h3-6,8,12H,7H2,1-2H3. The summed E-state index contributed by atoms with van der Waals surface area (Å²) in [4.78, 5) is 13.4. The maximum absolute atomic E-state index is 11.9. The number of hydrogen-bond acceptors (Lipinski definition) is 2. The molecule has 0 N–H and O–H groups in total. The molecule has 1 rings (SSSR count). The first-order valence-corrected chi connectivity index (χ1v) is 5.78. The summed E-state index contributed by atoms with van der Waals surface area (Å²) in [6.07, 6.45) is 0. The first kappa shape index (κ1) is 14.7. The van der Waals surface area contributed by atoms with Gasteiger partial charge in [-0.2, -0.15) is 8.78 Å². The van der Waals surface area contributed by atoms with Crippen molar-refractivity contribution < 1.29 is 18.3 Å². The maximum atomic E-state index is 11.9. The van der Waals surface area contributed by atoms with Gasteiger partial charge in [-0.25, -0.2) is 0 Å². The molecule has 0 fully saturated rings. The van der Waals surface area contributed by atoms with E-state index >= 15 is 0 Å². The number of carbonyl (C=O) groups excluding carboxylic acids is 1. The first-order chi connectivity index (χ1) is 8.40. The highest BCUT2D eigenvalue weighted by molar-refractivity contribution is 6.20. The summed E-state index contributed by atoms with van der Waals surface area (Å²) in [7, 11) is 1.63. The van der Waals surface area contributed by atoms with Crippen molar-refractivity contribution in [2.75, 3.05) is 13.6 Å². The van der Waals surface area contributed by atoms with E-state index < -0.39 is 6.61 Å². The average Bonchev–Trinajstić information content (AvgIpc) is 2.27. The van der Waals surface area contributed by atoms with Crippen molar-refractivity contribution >= 4 is 17.5 Å². The maximum Gasteiger partial charge on any atom is 0.387 e. The number of carbonyl (C=O) groups is 1. The minimum atomic E-state index is -2.87. The summed E-state index contributed by atoms with van der Waals surface area (Å²) in [6.45, 7) is -0.674. The van der Waals surface area contributed by atoms with Gasteiger partial charge in [0.2, 0.25) is 0 Å². The van der Waals surface area contributed by atoms with Crippen LogP contribution in [0.15, 0.2) is 24.3 Å². The van der Waals surface area contributed by atoms with Crippen LogP contribution in [0, 0.1) is 0 Å². The van der Waals surface area contributed by atoms with Crippen LogP contribution in [0.25, 0.3) is 0 Å². The molecule has 1 amide bonds. The third kappa shape index (κ3) is 4.49. The lowest BCUT2D eigenvalue weighted by Gasteiger charge is -2.18. The molecule has 0 saturated carbocycles. The fourth-order valence-electron chi connectivity index (χ4n) is 1.46. The van der Waals surface area contributed by atoms with Gasteiger partial charge in [-0.15, -0.1) is 11.6 Å². The molecule has 0 saturated heterocycles. The summed E-state index contributed by atoms with van der Waals surface area (Å²) < 4.78 is 28.1. The Morgan fingerprint density at radius 2 is 1.94 bits per heavy atom. The number of nitrogens with zero attached hydrogens (tertiary/aromatic N) is 1. The molecule has 6 heteroatoms. The van der Waals surface area contributed by atoms with E-state index in [4.69, 9.17) is 11.6 Å². The van der Waals surface area contributed by atoms with Gasteiger partial charge in [0.05, 0.1) is 0 Å². The van der Waals surface area contributed by atoms with Crippen LogP contribution in [0.4, 0.5) is 8.78 Å². The molecule has 1 aromatic rings. The van der Waals surface area contributed by atoms with Crippen LogP contribution in [0.5, 0.6) is 5.75 Å². The molecule has 0 radical (unpaired) electrons. The fourth-order valence-corrected chi connectivity index (χ4v) is 1.67. The van der Waals surface area contributed by atoms with Gasteiger partial charge < -0.3 is 9.64 Å². The van der Waals surface area contributed by atoms with Crippen LogP contribution < -0.4 is 4.74 Å². The molecule has 1 unspecified atom stereocenters. The van der Waals surface area contributed by atoms with Crippen LogP contribution in [-0.4, -0.2) is 36.4 Å². The average molecular weight is 278 g/mol. The van der Waals surface area contributed by atoms with Crippen molar-refractivity contribution in [3.05, 3.63) is 29.8 Å². The molecule has 1 atom stereocenters. The van der Waals surface area contributed by atoms with Gasteiger partial charge in [0.25, 0.3) is 5.91 Å². The topological polar surface area (TPSA) is 29.5 Å². The lowest BCUT2D eigenvalue weighted by molar-refractivity contribution is -0.0498. The Morgan fingerprint density at radius 1 is 1.39 bits per heavy atom. The fraction of sp³-hybridized carbons (Fsp3) is 0.417. The van der Waals surface area contributed by atoms with E-state index in [1.807, 2.05) is 0 Å². The van der Waals surface area contributed by atoms with Crippen LogP contribution >= 0.6 is 11.6 Å². The number of halogens is 3. The van der Waals surface area contributed by atoms with Crippen LogP contribution in [0.2, 0.25) is 0 Å². The van der Waals surface area contributed by atoms with Crippen molar-refractivity contribution in [3.8, 4) is 5.75 Å². The molecular weight excluding hydrogens is 264 g/mol. The largest absolute Gasteiger partial charge is 0.435 e. The number of hydrogen-bond donors (Lipinski definition) is 0. The van der Waals surface area contributed by atoms with Gasteiger partial charge in [0.1, 0.15) is 5.75 Å². The van der Waals surface area contributed by atoms with Gasteiger partial charge in [0, 0.05) is 24.5 Å². The second-order valence-electron chi connectivity index (χ2n) is 3.87. The molecule has 0 aliphatic rings. The summed E-state index contributed by atoms with van der Waals surface area (Å²) in [5.41, 5.74) is 0.399. The molecule has 100 valence electrons. The molecule has 0 aromatic heterocycles. The summed E-state index contributed by atoms with van der Waals surface area (Å²) >= 11 is 5.79. The predicted octanol–water partition coefficient (Wildman–Crippen LogP) is 2.99. The smallest absolute Gasteiger partial charge is 0.387 e. The molecule has 0 bridgehead atoms. The van der Waals surface area contributed by atoms with Gasteiger partial charge >= 0.3 is 6.61 Å². The molecule has 3 nitrogen and oxygen atoms in total. The van der Waals surface area contributed by atoms with E-state index in [-0.39, 0.29) is 17.0 Å². The van der Waals surface area contributed by atoms with E-state index in [1.165, 1.54) is 29.2 Å². The Morgan fingerprint density at radius 3 is 2.39 bits per heavy atom. The van der Waals surface area contributed by atoms with Crippen molar-refractivity contribution in [2.45, 2.75) is 18.9 Å². The van der Waals surface area contributed by atoms with Crippen LogP contribution in [0.1, 0.15) is 17.3 Å². The normalized spacial score (nSPS) is 12.3. The zero-order valence-corrected chi connectivity index (χ0v) is 10.8. The second-order valence-corrected chi connectivity index (χ2v) is 4.61. The minimum Gasteiger partial charge on any atom is -0.435 e. The van der Waals surface area contributed by atoms with Crippen molar-refractivity contribution in [3.63, 3.8) is 0 Å². The first-order valence-electron chi connectivity index (χ1n) is 5.34. The van der Waals surface area contributed by atoms with Gasteiger partial charge in [-0.05, 0) is 31.2 Å². The zero-order valence-electron chi connectivity index (χ0n) is 10.1. The number of amides is 1. The number of rotatable bonds is 5. The molecule has 18 heavy (non-hydrogen) atoms. The predicted molar refractivity (Wildman–Crippen MR) is 65.3 cm³/mol. The van der Waals surface area contributed by atoms with E-state index in [9.17, 15) is 13.6 Å².